The largest absolute Gasteiger partial charge is 0.493 e. The Kier molecular flexibility index (Phi) is 5.98. The number of nitrogens with zero attached hydrogens (tertiary/aromatic N) is 1. The summed E-state index contributed by atoms with van der Waals surface area (Å²) in [6.07, 6.45) is 9.78. The van der Waals surface area contributed by atoms with Gasteiger partial charge in [-0.3, -0.25) is 4.79 Å². The first kappa shape index (κ1) is 22.2. The quantitative estimate of drug-likeness (QED) is 0.629. The summed E-state index contributed by atoms with van der Waals surface area (Å²) < 4.78 is 21.5. The van der Waals surface area contributed by atoms with Crippen LogP contribution < -0.4 is 4.74 Å². The maximum absolute atomic E-state index is 15.1. The molecule has 176 valence electrons. The average molecular weight is 444 g/mol. The van der Waals surface area contributed by atoms with Crippen LogP contribution in [-0.2, 0) is 0 Å². The Morgan fingerprint density at radius 2 is 1.91 bits per heavy atom. The van der Waals surface area contributed by atoms with Crippen LogP contribution in [0.3, 0.4) is 0 Å². The number of β-amino-alcohol motifs (C(OH)–C–C–N with tert-alkyl or cyclic N) is 1. The summed E-state index contributed by atoms with van der Waals surface area (Å²) in [6, 6.07) is 3.20. The summed E-state index contributed by atoms with van der Waals surface area (Å²) in [6.45, 7) is 6.09. The lowest BCUT2D eigenvalue weighted by Gasteiger charge is -2.48. The summed E-state index contributed by atoms with van der Waals surface area (Å²) in [4.78, 5) is 14.5. The number of amides is 1. The van der Waals surface area contributed by atoms with Crippen LogP contribution in [0.2, 0.25) is 0 Å². The topological polar surface area (TPSA) is 49.8 Å². The highest BCUT2D eigenvalue weighted by molar-refractivity contribution is 5.95. The van der Waals surface area contributed by atoms with Crippen LogP contribution in [0.15, 0.2) is 12.1 Å². The molecule has 4 aliphatic rings. The minimum atomic E-state index is -0.504. The van der Waals surface area contributed by atoms with Gasteiger partial charge in [0.2, 0.25) is 0 Å². The van der Waals surface area contributed by atoms with Gasteiger partial charge in [0.1, 0.15) is 11.6 Å². The Morgan fingerprint density at radius 1 is 1.19 bits per heavy atom. The molecule has 5 rings (SSSR count). The number of halogens is 1. The summed E-state index contributed by atoms with van der Waals surface area (Å²) in [5.74, 6) is 2.63. The molecule has 1 heterocycles. The van der Waals surface area contributed by atoms with E-state index < -0.39 is 11.9 Å². The number of aliphatic hydroxyl groups is 1. The van der Waals surface area contributed by atoms with Crippen molar-refractivity contribution in [3.63, 3.8) is 0 Å². The first-order chi connectivity index (χ1) is 15.4. The molecule has 1 aliphatic heterocycles. The van der Waals surface area contributed by atoms with E-state index in [2.05, 4.69) is 13.8 Å². The average Bonchev–Trinajstić information content (AvgIpc) is 3.51. The Balaban J connectivity index is 1.34. The molecule has 0 radical (unpaired) electrons. The zero-order valence-electron chi connectivity index (χ0n) is 19.6. The maximum atomic E-state index is 15.1. The smallest absolute Gasteiger partial charge is 0.256 e. The normalized spacial score (nSPS) is 34.6. The molecule has 1 N–H and O–H groups in total. The fourth-order valence-electron chi connectivity index (χ4n) is 6.95. The van der Waals surface area contributed by atoms with E-state index >= 15 is 4.39 Å². The standard InChI is InChI=1S/C27H38FNO3/c1-3-27(13-18-8-17(2)9-19(10-18)14-27)16-32-25-12-24(28)23(11-22(25)20-4-5-20)26(31)29-7-6-21(30)15-29/h11-12,17-21,30H,3-10,13-16H2,1-2H3. The number of rotatable bonds is 6. The molecule has 1 amide bonds. The molecule has 2 bridgehead atoms. The second-order valence-electron chi connectivity index (χ2n) is 11.4. The number of hydrogen-bond donors (Lipinski definition) is 1. The number of carbonyl (C=O) groups excluding carboxylic acids is 1. The SMILES string of the molecule is CCC1(COc2cc(F)c(C(=O)N3CCC(O)C3)cc2C2CC2)CC2CC(C)CC(C2)C1. The third kappa shape index (κ3) is 4.42. The number of carbonyl (C=O) groups is 1. The van der Waals surface area contributed by atoms with Crippen molar-refractivity contribution in [1.29, 1.82) is 0 Å². The second kappa shape index (κ2) is 8.62. The lowest BCUT2D eigenvalue weighted by molar-refractivity contribution is -0.000679. The zero-order valence-corrected chi connectivity index (χ0v) is 19.6. The second-order valence-corrected chi connectivity index (χ2v) is 11.4. The number of benzene rings is 1. The van der Waals surface area contributed by atoms with Gasteiger partial charge < -0.3 is 14.7 Å². The van der Waals surface area contributed by atoms with Crippen molar-refractivity contribution in [3.8, 4) is 5.75 Å². The highest BCUT2D eigenvalue weighted by atomic mass is 19.1. The molecule has 4 nitrogen and oxygen atoms in total. The molecule has 3 unspecified atom stereocenters. The fraction of sp³-hybridized carbons (Fsp3) is 0.741. The van der Waals surface area contributed by atoms with Crippen molar-refractivity contribution >= 4 is 5.91 Å². The monoisotopic (exact) mass is 443 g/mol. The molecule has 1 aromatic carbocycles. The van der Waals surface area contributed by atoms with Crippen molar-refractivity contribution < 1.29 is 19.0 Å². The zero-order chi connectivity index (χ0) is 22.5. The Hall–Kier alpha value is -1.62. The van der Waals surface area contributed by atoms with Crippen LogP contribution in [0.5, 0.6) is 5.75 Å². The van der Waals surface area contributed by atoms with Gasteiger partial charge in [0, 0.05) is 24.6 Å². The lowest BCUT2D eigenvalue weighted by atomic mass is 9.58. The third-order valence-corrected chi connectivity index (χ3v) is 8.66. The van der Waals surface area contributed by atoms with Crippen molar-refractivity contribution in [1.82, 2.24) is 4.90 Å². The van der Waals surface area contributed by atoms with E-state index in [9.17, 15) is 9.90 Å². The summed E-state index contributed by atoms with van der Waals surface area (Å²) in [5, 5.41) is 9.77. The van der Waals surface area contributed by atoms with Crippen LogP contribution in [0, 0.1) is 29.0 Å². The Labute approximate surface area is 191 Å². The van der Waals surface area contributed by atoms with E-state index in [1.807, 2.05) is 0 Å². The highest BCUT2D eigenvalue weighted by Crippen LogP contribution is 2.52. The van der Waals surface area contributed by atoms with Gasteiger partial charge in [-0.25, -0.2) is 4.39 Å². The van der Waals surface area contributed by atoms with Crippen molar-refractivity contribution in [3.05, 3.63) is 29.1 Å². The first-order valence-electron chi connectivity index (χ1n) is 12.8. The summed E-state index contributed by atoms with van der Waals surface area (Å²) in [7, 11) is 0. The number of ether oxygens (including phenoxy) is 1. The molecule has 3 atom stereocenters. The summed E-state index contributed by atoms with van der Waals surface area (Å²) >= 11 is 0. The van der Waals surface area contributed by atoms with Gasteiger partial charge in [0.05, 0.1) is 18.3 Å². The number of hydrogen-bond acceptors (Lipinski definition) is 3. The Morgan fingerprint density at radius 3 is 2.50 bits per heavy atom. The predicted molar refractivity (Wildman–Crippen MR) is 122 cm³/mol. The van der Waals surface area contributed by atoms with E-state index in [0.717, 1.165) is 42.6 Å². The van der Waals surface area contributed by atoms with E-state index in [-0.39, 0.29) is 23.4 Å². The molecular weight excluding hydrogens is 405 g/mol. The number of fused-ring (bicyclic) bond motifs is 2. The van der Waals surface area contributed by atoms with Crippen LogP contribution >= 0.6 is 0 Å². The molecule has 1 aromatic rings. The van der Waals surface area contributed by atoms with Crippen LogP contribution in [-0.4, -0.2) is 41.7 Å². The third-order valence-electron chi connectivity index (χ3n) is 8.66. The van der Waals surface area contributed by atoms with Crippen LogP contribution in [0.4, 0.5) is 4.39 Å². The lowest BCUT2D eigenvalue weighted by Crippen LogP contribution is -2.41. The van der Waals surface area contributed by atoms with Gasteiger partial charge in [0.25, 0.3) is 5.91 Å². The van der Waals surface area contributed by atoms with Crippen molar-refractivity contribution in [2.24, 2.45) is 23.2 Å². The minimum Gasteiger partial charge on any atom is -0.493 e. The van der Waals surface area contributed by atoms with Gasteiger partial charge in [-0.1, -0.05) is 13.8 Å². The maximum Gasteiger partial charge on any atom is 0.256 e. The highest BCUT2D eigenvalue weighted by Gasteiger charge is 2.43. The van der Waals surface area contributed by atoms with Gasteiger partial charge >= 0.3 is 0 Å². The van der Waals surface area contributed by atoms with E-state index in [4.69, 9.17) is 4.74 Å². The molecule has 5 heteroatoms. The summed E-state index contributed by atoms with van der Waals surface area (Å²) in [5.41, 5.74) is 1.30. The molecule has 0 spiro atoms. The molecule has 3 saturated carbocycles. The molecule has 4 fully saturated rings. The van der Waals surface area contributed by atoms with Crippen molar-refractivity contribution in [2.75, 3.05) is 19.7 Å². The minimum absolute atomic E-state index is 0.125. The predicted octanol–water partition coefficient (Wildman–Crippen LogP) is 5.53. The number of aliphatic hydroxyl groups excluding tert-OH is 1. The fourth-order valence-corrected chi connectivity index (χ4v) is 6.95. The molecule has 0 aromatic heterocycles. The van der Waals surface area contributed by atoms with Gasteiger partial charge in [-0.15, -0.1) is 0 Å². The van der Waals surface area contributed by atoms with E-state index in [1.165, 1.54) is 38.2 Å². The molecular formula is C27H38FNO3. The van der Waals surface area contributed by atoms with Gasteiger partial charge in [0.15, 0.2) is 0 Å². The first-order valence-corrected chi connectivity index (χ1v) is 12.8. The van der Waals surface area contributed by atoms with E-state index in [1.54, 1.807) is 11.0 Å². The molecule has 1 saturated heterocycles. The van der Waals surface area contributed by atoms with Crippen LogP contribution in [0.1, 0.15) is 93.5 Å². The van der Waals surface area contributed by atoms with E-state index in [0.29, 0.717) is 31.2 Å². The Bertz CT molecular complexity index is 849. The van der Waals surface area contributed by atoms with Gasteiger partial charge in [-0.05, 0) is 93.1 Å². The number of likely N-dealkylation sites (tertiary alicyclic amines) is 1. The van der Waals surface area contributed by atoms with Gasteiger partial charge in [-0.2, -0.15) is 0 Å². The molecule has 32 heavy (non-hydrogen) atoms. The van der Waals surface area contributed by atoms with Crippen molar-refractivity contribution in [2.45, 2.75) is 83.7 Å². The molecule has 3 aliphatic carbocycles. The van der Waals surface area contributed by atoms with Crippen LogP contribution in [0.25, 0.3) is 0 Å².